The van der Waals surface area contributed by atoms with Crippen LogP contribution in [0.5, 0.6) is 11.5 Å². The highest BCUT2D eigenvalue weighted by atomic mass is 16.5. The maximum atomic E-state index is 10.3. The van der Waals surface area contributed by atoms with Gasteiger partial charge in [0.15, 0.2) is 11.5 Å². The maximum absolute atomic E-state index is 10.3. The zero-order valence-electron chi connectivity index (χ0n) is 13.6. The highest BCUT2D eigenvalue weighted by Gasteiger charge is 2.35. The Morgan fingerprint density at radius 3 is 2.55 bits per heavy atom. The first kappa shape index (κ1) is 15.6. The third-order valence-electron chi connectivity index (χ3n) is 5.10. The molecule has 1 heterocycles. The van der Waals surface area contributed by atoms with Gasteiger partial charge in [-0.2, -0.15) is 0 Å². The number of nitrogens with zero attached hydrogens (tertiary/aromatic N) is 1. The summed E-state index contributed by atoms with van der Waals surface area (Å²) in [5, 5.41) is 20.1. The largest absolute Gasteiger partial charge is 0.504 e. The van der Waals surface area contributed by atoms with E-state index in [4.69, 9.17) is 4.74 Å². The molecule has 1 aromatic carbocycles. The quantitative estimate of drug-likeness (QED) is 0.842. The van der Waals surface area contributed by atoms with Crippen LogP contribution in [0.2, 0.25) is 0 Å². The topological polar surface area (TPSA) is 52.9 Å². The number of ether oxygens (including phenoxy) is 1. The summed E-state index contributed by atoms with van der Waals surface area (Å²) in [5.41, 5.74) is 1.91. The summed E-state index contributed by atoms with van der Waals surface area (Å²) < 4.78 is 6.42. The van der Waals surface area contributed by atoms with Crippen molar-refractivity contribution in [1.29, 1.82) is 0 Å². The van der Waals surface area contributed by atoms with Gasteiger partial charge in [-0.25, -0.2) is 0 Å². The molecule has 4 heteroatoms. The van der Waals surface area contributed by atoms with Gasteiger partial charge in [-0.3, -0.25) is 0 Å². The molecule has 1 aromatic rings. The molecule has 0 bridgehead atoms. The van der Waals surface area contributed by atoms with Gasteiger partial charge in [-0.05, 0) is 44.5 Å². The number of fused-ring (bicyclic) bond motifs is 1. The lowest BCUT2D eigenvalue weighted by Gasteiger charge is -2.39. The molecule has 2 N–H and O–H groups in total. The molecule has 1 saturated carbocycles. The van der Waals surface area contributed by atoms with Gasteiger partial charge in [0.25, 0.3) is 0 Å². The van der Waals surface area contributed by atoms with Crippen molar-refractivity contribution in [3.8, 4) is 11.5 Å². The van der Waals surface area contributed by atoms with E-state index in [2.05, 4.69) is 4.90 Å². The first-order chi connectivity index (χ1) is 10.6. The zero-order valence-corrected chi connectivity index (χ0v) is 13.6. The van der Waals surface area contributed by atoms with Crippen LogP contribution in [0.15, 0.2) is 12.1 Å². The van der Waals surface area contributed by atoms with E-state index >= 15 is 0 Å². The molecule has 0 saturated heterocycles. The molecular formula is C18H27NO3. The van der Waals surface area contributed by atoms with Crippen LogP contribution < -0.4 is 0 Å². The number of benzene rings is 1. The summed E-state index contributed by atoms with van der Waals surface area (Å²) in [6.07, 6.45) is 7.16. The fourth-order valence-corrected chi connectivity index (χ4v) is 3.95. The van der Waals surface area contributed by atoms with E-state index in [-0.39, 0.29) is 23.7 Å². The third kappa shape index (κ3) is 3.08. The van der Waals surface area contributed by atoms with E-state index in [0.29, 0.717) is 12.3 Å². The molecular weight excluding hydrogens is 278 g/mol. The van der Waals surface area contributed by atoms with Crippen molar-refractivity contribution >= 4 is 0 Å². The van der Waals surface area contributed by atoms with Crippen LogP contribution in [0.3, 0.4) is 0 Å². The minimum absolute atomic E-state index is 0.0216. The summed E-state index contributed by atoms with van der Waals surface area (Å²) >= 11 is 0. The second-order valence-electron chi connectivity index (χ2n) is 7.03. The predicted molar refractivity (Wildman–Crippen MR) is 86.2 cm³/mol. The van der Waals surface area contributed by atoms with Crippen molar-refractivity contribution in [1.82, 2.24) is 4.90 Å². The number of phenols is 2. The maximum Gasteiger partial charge on any atom is 0.161 e. The van der Waals surface area contributed by atoms with Gasteiger partial charge in [0.05, 0.1) is 12.2 Å². The number of hydrogen-bond donors (Lipinski definition) is 2. The Balaban J connectivity index is 1.90. The van der Waals surface area contributed by atoms with Crippen LogP contribution in [0.4, 0.5) is 0 Å². The molecule has 0 aromatic heterocycles. The third-order valence-corrected chi connectivity index (χ3v) is 5.10. The molecule has 122 valence electrons. The fraction of sp³-hybridized carbons (Fsp3) is 0.667. The van der Waals surface area contributed by atoms with E-state index in [9.17, 15) is 10.2 Å². The number of hydrogen-bond acceptors (Lipinski definition) is 4. The summed E-state index contributed by atoms with van der Waals surface area (Å²) in [6, 6.07) is 3.47. The predicted octanol–water partition coefficient (Wildman–Crippen LogP) is 3.22. The molecule has 4 nitrogen and oxygen atoms in total. The molecule has 1 aliphatic carbocycles. The second-order valence-corrected chi connectivity index (χ2v) is 7.03. The van der Waals surface area contributed by atoms with Crippen molar-refractivity contribution in [3.05, 3.63) is 23.3 Å². The summed E-state index contributed by atoms with van der Waals surface area (Å²) in [5.74, 6) is 0.602. The second kappa shape index (κ2) is 6.47. The summed E-state index contributed by atoms with van der Waals surface area (Å²) in [6.45, 7) is 0.792. The highest BCUT2D eigenvalue weighted by molar-refractivity contribution is 5.51. The van der Waals surface area contributed by atoms with E-state index in [0.717, 1.165) is 17.7 Å². The Kier molecular flexibility index (Phi) is 4.59. The lowest BCUT2D eigenvalue weighted by molar-refractivity contribution is -0.0712. The Morgan fingerprint density at radius 2 is 1.86 bits per heavy atom. The molecule has 2 aliphatic rings. The average Bonchev–Trinajstić information content (AvgIpc) is 2.51. The van der Waals surface area contributed by atoms with E-state index in [1.165, 1.54) is 32.1 Å². The molecule has 2 atom stereocenters. The summed E-state index contributed by atoms with van der Waals surface area (Å²) in [7, 11) is 4.07. The Hall–Kier alpha value is -1.26. The van der Waals surface area contributed by atoms with Gasteiger partial charge < -0.3 is 19.8 Å². The molecule has 1 aliphatic heterocycles. The lowest BCUT2D eigenvalue weighted by Crippen LogP contribution is -2.37. The zero-order chi connectivity index (χ0) is 15.7. The van der Waals surface area contributed by atoms with Crippen molar-refractivity contribution in [2.24, 2.45) is 5.92 Å². The van der Waals surface area contributed by atoms with Crippen molar-refractivity contribution < 1.29 is 14.9 Å². The lowest BCUT2D eigenvalue weighted by atomic mass is 9.80. The molecule has 22 heavy (non-hydrogen) atoms. The van der Waals surface area contributed by atoms with Crippen LogP contribution in [0.1, 0.15) is 49.3 Å². The summed E-state index contributed by atoms with van der Waals surface area (Å²) in [4.78, 5) is 2.11. The first-order valence-electron chi connectivity index (χ1n) is 8.40. The standard InChI is InChI=1S/C18H27NO3/c1-19(2)11-17-13-8-9-15(20)18(21)14(13)10-16(22-17)12-6-4-3-5-7-12/h8-9,12,16-17,20-21H,3-7,10-11H2,1-2H3. The van der Waals surface area contributed by atoms with Gasteiger partial charge in [0, 0.05) is 18.5 Å². The van der Waals surface area contributed by atoms with Crippen LogP contribution in [0.25, 0.3) is 0 Å². The van der Waals surface area contributed by atoms with E-state index in [1.807, 2.05) is 20.2 Å². The van der Waals surface area contributed by atoms with Gasteiger partial charge in [0.1, 0.15) is 0 Å². The van der Waals surface area contributed by atoms with Crippen molar-refractivity contribution in [2.75, 3.05) is 20.6 Å². The molecule has 1 fully saturated rings. The SMILES string of the molecule is CN(C)CC1OC(C2CCCCC2)Cc2c1ccc(O)c2O. The fourth-order valence-electron chi connectivity index (χ4n) is 3.95. The Morgan fingerprint density at radius 1 is 1.14 bits per heavy atom. The van der Waals surface area contributed by atoms with Crippen molar-refractivity contribution in [2.45, 2.75) is 50.7 Å². The molecule has 0 amide bonds. The number of rotatable bonds is 3. The minimum Gasteiger partial charge on any atom is -0.504 e. The minimum atomic E-state index is -0.0304. The van der Waals surface area contributed by atoms with E-state index < -0.39 is 0 Å². The molecule has 2 unspecified atom stereocenters. The monoisotopic (exact) mass is 305 g/mol. The van der Waals surface area contributed by atoms with Crippen molar-refractivity contribution in [3.63, 3.8) is 0 Å². The Labute approximate surface area is 132 Å². The highest BCUT2D eigenvalue weighted by Crippen LogP contribution is 2.43. The van der Waals surface area contributed by atoms with E-state index in [1.54, 1.807) is 6.07 Å². The number of phenolic OH excluding ortho intramolecular Hbond substituents is 2. The number of likely N-dealkylation sites (N-methyl/N-ethyl adjacent to an activating group) is 1. The number of aromatic hydroxyl groups is 2. The Bertz CT molecular complexity index is 523. The van der Waals surface area contributed by atoms with Crippen LogP contribution >= 0.6 is 0 Å². The van der Waals surface area contributed by atoms with Gasteiger partial charge in [-0.15, -0.1) is 0 Å². The first-order valence-corrected chi connectivity index (χ1v) is 8.40. The average molecular weight is 305 g/mol. The molecule has 0 spiro atoms. The van der Waals surface area contributed by atoms with Gasteiger partial charge in [0.2, 0.25) is 0 Å². The van der Waals surface area contributed by atoms with Crippen LogP contribution in [-0.2, 0) is 11.2 Å². The molecule has 0 radical (unpaired) electrons. The van der Waals surface area contributed by atoms with Crippen LogP contribution in [0, 0.1) is 5.92 Å². The normalized spacial score (nSPS) is 26.1. The van der Waals surface area contributed by atoms with Gasteiger partial charge in [-0.1, -0.05) is 25.3 Å². The smallest absolute Gasteiger partial charge is 0.161 e. The van der Waals surface area contributed by atoms with Crippen LogP contribution in [-0.4, -0.2) is 41.9 Å². The molecule has 3 rings (SSSR count). The van der Waals surface area contributed by atoms with Gasteiger partial charge >= 0.3 is 0 Å².